The molecule has 0 radical (unpaired) electrons. The zero-order chi connectivity index (χ0) is 13.5. The highest BCUT2D eigenvalue weighted by Gasteiger charge is 2.18. The zero-order valence-corrected chi connectivity index (χ0v) is 12.1. The maximum Gasteiger partial charge on any atom is 0.0702 e. The van der Waals surface area contributed by atoms with Crippen molar-refractivity contribution in [3.8, 4) is 0 Å². The van der Waals surface area contributed by atoms with Gasteiger partial charge < -0.3 is 10.1 Å². The van der Waals surface area contributed by atoms with Gasteiger partial charge in [-0.2, -0.15) is 0 Å². The summed E-state index contributed by atoms with van der Waals surface area (Å²) in [6.45, 7) is 6.98. The molecule has 0 aliphatic carbocycles. The van der Waals surface area contributed by atoms with Gasteiger partial charge in [0.2, 0.25) is 0 Å². The number of aromatic nitrogens is 1. The van der Waals surface area contributed by atoms with Gasteiger partial charge in [-0.25, -0.2) is 0 Å². The van der Waals surface area contributed by atoms with Crippen LogP contribution in [0.1, 0.15) is 31.0 Å². The van der Waals surface area contributed by atoms with E-state index in [1.54, 1.807) is 0 Å². The first-order chi connectivity index (χ1) is 9.31. The fourth-order valence-corrected chi connectivity index (χ4v) is 2.47. The van der Waals surface area contributed by atoms with Crippen LogP contribution >= 0.6 is 0 Å². The molecule has 0 aromatic carbocycles. The molecule has 1 saturated heterocycles. The third-order valence-electron chi connectivity index (χ3n) is 3.59. The largest absolute Gasteiger partial charge is 0.377 e. The predicted octanol–water partition coefficient (Wildman–Crippen LogP) is 1.80. The van der Waals surface area contributed by atoms with Gasteiger partial charge in [0.25, 0.3) is 0 Å². The second kappa shape index (κ2) is 7.58. The summed E-state index contributed by atoms with van der Waals surface area (Å²) in [6, 6.07) is 4.28. The number of pyridine rings is 1. The highest BCUT2D eigenvalue weighted by molar-refractivity contribution is 5.13. The van der Waals surface area contributed by atoms with Gasteiger partial charge in [-0.05, 0) is 38.1 Å². The smallest absolute Gasteiger partial charge is 0.0702 e. The summed E-state index contributed by atoms with van der Waals surface area (Å²) in [6.07, 6.45) is 4.79. The monoisotopic (exact) mass is 263 g/mol. The van der Waals surface area contributed by atoms with Crippen LogP contribution in [0.4, 0.5) is 0 Å². The molecule has 0 saturated carbocycles. The lowest BCUT2D eigenvalue weighted by Gasteiger charge is -2.23. The fraction of sp³-hybridized carbons (Fsp3) is 0.667. The van der Waals surface area contributed by atoms with Crippen molar-refractivity contribution in [2.75, 3.05) is 26.7 Å². The molecule has 4 nitrogen and oxygen atoms in total. The first kappa shape index (κ1) is 14.4. The van der Waals surface area contributed by atoms with Crippen LogP contribution in [-0.4, -0.2) is 42.7 Å². The van der Waals surface area contributed by atoms with Crippen molar-refractivity contribution in [3.63, 3.8) is 0 Å². The SMILES string of the molecule is CCN(Cc1ccc(CNC)cn1)CC1CCCO1. The molecular formula is C15H25N3O. The number of nitrogens with zero attached hydrogens (tertiary/aromatic N) is 2. The summed E-state index contributed by atoms with van der Waals surface area (Å²) in [5.41, 5.74) is 2.37. The van der Waals surface area contributed by atoms with Gasteiger partial charge in [0.1, 0.15) is 0 Å². The third-order valence-corrected chi connectivity index (χ3v) is 3.59. The van der Waals surface area contributed by atoms with Gasteiger partial charge in [0, 0.05) is 32.4 Å². The Morgan fingerprint density at radius 1 is 1.47 bits per heavy atom. The molecule has 2 rings (SSSR count). The molecule has 0 amide bonds. The molecule has 1 aliphatic heterocycles. The summed E-state index contributed by atoms with van der Waals surface area (Å²) >= 11 is 0. The second-order valence-electron chi connectivity index (χ2n) is 5.15. The molecule has 2 heterocycles. The van der Waals surface area contributed by atoms with Crippen LogP contribution in [0.2, 0.25) is 0 Å². The minimum Gasteiger partial charge on any atom is -0.377 e. The van der Waals surface area contributed by atoms with E-state index in [2.05, 4.69) is 34.3 Å². The van der Waals surface area contributed by atoms with E-state index in [1.807, 2.05) is 13.2 Å². The topological polar surface area (TPSA) is 37.4 Å². The molecule has 1 atom stereocenters. The third kappa shape index (κ3) is 4.56. The Labute approximate surface area is 116 Å². The number of rotatable bonds is 7. The summed E-state index contributed by atoms with van der Waals surface area (Å²) < 4.78 is 5.70. The van der Waals surface area contributed by atoms with E-state index >= 15 is 0 Å². The van der Waals surface area contributed by atoms with Crippen molar-refractivity contribution in [2.24, 2.45) is 0 Å². The quantitative estimate of drug-likeness (QED) is 0.814. The minimum absolute atomic E-state index is 0.420. The Kier molecular flexibility index (Phi) is 5.76. The predicted molar refractivity (Wildman–Crippen MR) is 76.9 cm³/mol. The molecule has 4 heteroatoms. The molecular weight excluding hydrogens is 238 g/mol. The van der Waals surface area contributed by atoms with Crippen LogP contribution in [0.3, 0.4) is 0 Å². The standard InChI is InChI=1S/C15H25N3O/c1-3-18(12-15-5-4-8-19-15)11-14-7-6-13(9-16-2)10-17-14/h6-7,10,15-16H,3-5,8-9,11-12H2,1-2H3. The number of nitrogens with one attached hydrogen (secondary N) is 1. The average molecular weight is 263 g/mol. The molecule has 1 fully saturated rings. The minimum atomic E-state index is 0.420. The van der Waals surface area contributed by atoms with E-state index in [0.717, 1.165) is 38.5 Å². The number of hydrogen-bond donors (Lipinski definition) is 1. The number of likely N-dealkylation sites (N-methyl/N-ethyl adjacent to an activating group) is 1. The number of hydrogen-bond acceptors (Lipinski definition) is 4. The van der Waals surface area contributed by atoms with Crippen molar-refractivity contribution >= 4 is 0 Å². The molecule has 1 aromatic rings. The van der Waals surface area contributed by atoms with Crippen LogP contribution in [0.5, 0.6) is 0 Å². The van der Waals surface area contributed by atoms with Gasteiger partial charge in [-0.15, -0.1) is 0 Å². The van der Waals surface area contributed by atoms with Crippen molar-refractivity contribution in [1.29, 1.82) is 0 Å². The summed E-state index contributed by atoms with van der Waals surface area (Å²) in [7, 11) is 1.95. The van der Waals surface area contributed by atoms with E-state index in [1.165, 1.54) is 18.4 Å². The summed E-state index contributed by atoms with van der Waals surface area (Å²) in [4.78, 5) is 6.95. The molecule has 1 unspecified atom stereocenters. The Hall–Kier alpha value is -0.970. The van der Waals surface area contributed by atoms with Gasteiger partial charge >= 0.3 is 0 Å². The summed E-state index contributed by atoms with van der Waals surface area (Å²) in [5, 5.41) is 3.14. The lowest BCUT2D eigenvalue weighted by atomic mass is 10.2. The molecule has 19 heavy (non-hydrogen) atoms. The lowest BCUT2D eigenvalue weighted by Crippen LogP contribution is -2.31. The fourth-order valence-electron chi connectivity index (χ4n) is 2.47. The van der Waals surface area contributed by atoms with Gasteiger partial charge in [-0.3, -0.25) is 9.88 Å². The molecule has 1 N–H and O–H groups in total. The summed E-state index contributed by atoms with van der Waals surface area (Å²) in [5.74, 6) is 0. The Balaban J connectivity index is 1.86. The average Bonchev–Trinajstić information content (AvgIpc) is 2.93. The van der Waals surface area contributed by atoms with Crippen molar-refractivity contribution in [2.45, 2.75) is 39.0 Å². The maximum absolute atomic E-state index is 5.70. The van der Waals surface area contributed by atoms with Crippen LogP contribution in [0.25, 0.3) is 0 Å². The van der Waals surface area contributed by atoms with Gasteiger partial charge in [0.15, 0.2) is 0 Å². The Bertz CT molecular complexity index is 360. The van der Waals surface area contributed by atoms with E-state index < -0.39 is 0 Å². The van der Waals surface area contributed by atoms with Crippen LogP contribution in [0.15, 0.2) is 18.3 Å². The van der Waals surface area contributed by atoms with E-state index in [4.69, 9.17) is 4.74 Å². The molecule has 1 aliphatic rings. The van der Waals surface area contributed by atoms with E-state index in [-0.39, 0.29) is 0 Å². The Morgan fingerprint density at radius 2 is 2.37 bits per heavy atom. The normalized spacial score (nSPS) is 19.2. The maximum atomic E-state index is 5.70. The van der Waals surface area contributed by atoms with Crippen LogP contribution in [-0.2, 0) is 17.8 Å². The molecule has 0 spiro atoms. The first-order valence-corrected chi connectivity index (χ1v) is 7.24. The molecule has 106 valence electrons. The Morgan fingerprint density at radius 3 is 2.95 bits per heavy atom. The van der Waals surface area contributed by atoms with Crippen LogP contribution in [0, 0.1) is 0 Å². The van der Waals surface area contributed by atoms with E-state index in [9.17, 15) is 0 Å². The van der Waals surface area contributed by atoms with Crippen molar-refractivity contribution in [3.05, 3.63) is 29.6 Å². The van der Waals surface area contributed by atoms with E-state index in [0.29, 0.717) is 6.10 Å². The first-order valence-electron chi connectivity index (χ1n) is 7.24. The lowest BCUT2D eigenvalue weighted by molar-refractivity contribution is 0.0721. The van der Waals surface area contributed by atoms with Gasteiger partial charge in [0.05, 0.1) is 11.8 Å². The molecule has 0 bridgehead atoms. The van der Waals surface area contributed by atoms with Crippen molar-refractivity contribution in [1.82, 2.24) is 15.2 Å². The second-order valence-corrected chi connectivity index (χ2v) is 5.15. The van der Waals surface area contributed by atoms with Crippen molar-refractivity contribution < 1.29 is 4.74 Å². The highest BCUT2D eigenvalue weighted by atomic mass is 16.5. The van der Waals surface area contributed by atoms with Gasteiger partial charge in [-0.1, -0.05) is 13.0 Å². The zero-order valence-electron chi connectivity index (χ0n) is 12.1. The number of ether oxygens (including phenoxy) is 1. The van der Waals surface area contributed by atoms with Crippen LogP contribution < -0.4 is 5.32 Å². The molecule has 1 aromatic heterocycles. The highest BCUT2D eigenvalue weighted by Crippen LogP contribution is 2.14.